The van der Waals surface area contributed by atoms with Gasteiger partial charge in [-0.15, -0.1) is 11.6 Å². The minimum absolute atomic E-state index is 0.340. The Morgan fingerprint density at radius 3 is 3.07 bits per heavy atom. The molecule has 0 amide bonds. The molecule has 0 bridgehead atoms. The second-order valence-corrected chi connectivity index (χ2v) is 3.39. The topological polar surface area (TPSA) is 51.0 Å². The zero-order valence-corrected chi connectivity index (χ0v) is 8.95. The predicted molar refractivity (Wildman–Crippen MR) is 58.3 cm³/mol. The molecule has 0 saturated heterocycles. The van der Waals surface area contributed by atoms with Crippen molar-refractivity contribution in [1.82, 2.24) is 9.97 Å². The van der Waals surface area contributed by atoms with Crippen molar-refractivity contribution in [2.75, 3.05) is 5.32 Å². The number of oxazole rings is 1. The third-order valence-corrected chi connectivity index (χ3v) is 2.11. The third-order valence-electron chi connectivity index (χ3n) is 1.84. The summed E-state index contributed by atoms with van der Waals surface area (Å²) < 4.78 is 5.15. The predicted octanol–water partition coefficient (Wildman–Crippen LogP) is 2.86. The van der Waals surface area contributed by atoms with Gasteiger partial charge in [-0.3, -0.25) is 5.32 Å². The number of alkyl halides is 1. The molecular formula is C10H10ClN3O. The standard InChI is InChI=1S/C10H10ClN3O/c1-7-2-3-12-9(4-7)14-10-13-8(5-11)6-15-10/h2-4,6H,5H2,1H3,(H,12,13,14). The monoisotopic (exact) mass is 223 g/mol. The van der Waals surface area contributed by atoms with Gasteiger partial charge in [-0.2, -0.15) is 4.98 Å². The zero-order valence-electron chi connectivity index (χ0n) is 8.20. The number of aromatic nitrogens is 2. The van der Waals surface area contributed by atoms with E-state index in [-0.39, 0.29) is 0 Å². The maximum absolute atomic E-state index is 5.60. The molecule has 0 atom stereocenters. The number of hydrogen-bond acceptors (Lipinski definition) is 4. The molecule has 2 aromatic rings. The van der Waals surface area contributed by atoms with Crippen molar-refractivity contribution in [1.29, 1.82) is 0 Å². The summed E-state index contributed by atoms with van der Waals surface area (Å²) in [6.07, 6.45) is 3.24. The first-order chi connectivity index (χ1) is 7.28. The molecule has 0 aromatic carbocycles. The highest BCUT2D eigenvalue weighted by molar-refractivity contribution is 6.16. The molecule has 0 unspecified atom stereocenters. The fourth-order valence-electron chi connectivity index (χ4n) is 1.14. The zero-order chi connectivity index (χ0) is 10.7. The van der Waals surface area contributed by atoms with E-state index in [2.05, 4.69) is 15.3 Å². The molecule has 0 aliphatic heterocycles. The van der Waals surface area contributed by atoms with Crippen LogP contribution in [0.15, 0.2) is 29.0 Å². The minimum Gasteiger partial charge on any atom is -0.432 e. The highest BCUT2D eigenvalue weighted by atomic mass is 35.5. The number of nitrogens with one attached hydrogen (secondary N) is 1. The van der Waals surface area contributed by atoms with Crippen LogP contribution in [-0.2, 0) is 5.88 Å². The van der Waals surface area contributed by atoms with E-state index in [1.165, 1.54) is 6.26 Å². The Morgan fingerprint density at radius 1 is 1.53 bits per heavy atom. The molecular weight excluding hydrogens is 214 g/mol. The van der Waals surface area contributed by atoms with E-state index in [9.17, 15) is 0 Å². The van der Waals surface area contributed by atoms with Crippen molar-refractivity contribution >= 4 is 23.4 Å². The maximum Gasteiger partial charge on any atom is 0.300 e. The lowest BCUT2D eigenvalue weighted by Crippen LogP contribution is -1.93. The lowest BCUT2D eigenvalue weighted by molar-refractivity contribution is 0.576. The van der Waals surface area contributed by atoms with E-state index >= 15 is 0 Å². The van der Waals surface area contributed by atoms with Gasteiger partial charge in [0.15, 0.2) is 0 Å². The van der Waals surface area contributed by atoms with Gasteiger partial charge in [-0.05, 0) is 24.6 Å². The second kappa shape index (κ2) is 4.31. The van der Waals surface area contributed by atoms with Crippen LogP contribution in [0.2, 0.25) is 0 Å². The SMILES string of the molecule is Cc1ccnc(Nc2nc(CCl)co2)c1. The van der Waals surface area contributed by atoms with E-state index in [0.717, 1.165) is 5.56 Å². The number of rotatable bonds is 3. The number of aryl methyl sites for hydroxylation is 1. The summed E-state index contributed by atoms with van der Waals surface area (Å²) >= 11 is 5.60. The Kier molecular flexibility index (Phi) is 2.87. The Hall–Kier alpha value is -1.55. The molecule has 15 heavy (non-hydrogen) atoms. The number of anilines is 2. The Morgan fingerprint density at radius 2 is 2.40 bits per heavy atom. The molecule has 2 heterocycles. The van der Waals surface area contributed by atoms with Gasteiger partial charge in [0.2, 0.25) is 0 Å². The van der Waals surface area contributed by atoms with Gasteiger partial charge in [-0.25, -0.2) is 4.98 Å². The summed E-state index contributed by atoms with van der Waals surface area (Å²) in [5, 5.41) is 2.95. The maximum atomic E-state index is 5.60. The van der Waals surface area contributed by atoms with Gasteiger partial charge in [0.1, 0.15) is 12.1 Å². The molecule has 0 aliphatic carbocycles. The lowest BCUT2D eigenvalue weighted by Gasteiger charge is -2.00. The molecule has 0 aliphatic rings. The van der Waals surface area contributed by atoms with E-state index in [1.54, 1.807) is 6.20 Å². The average Bonchev–Trinajstić information content (AvgIpc) is 2.65. The summed E-state index contributed by atoms with van der Waals surface area (Å²) in [4.78, 5) is 8.23. The molecule has 4 nitrogen and oxygen atoms in total. The summed E-state index contributed by atoms with van der Waals surface area (Å²) in [5.41, 5.74) is 1.82. The highest BCUT2D eigenvalue weighted by Gasteiger charge is 2.03. The molecule has 78 valence electrons. The molecule has 5 heteroatoms. The van der Waals surface area contributed by atoms with Crippen LogP contribution < -0.4 is 5.32 Å². The normalized spacial score (nSPS) is 10.3. The van der Waals surface area contributed by atoms with E-state index < -0.39 is 0 Å². The van der Waals surface area contributed by atoms with Crippen molar-refractivity contribution in [3.05, 3.63) is 35.9 Å². The van der Waals surface area contributed by atoms with E-state index in [0.29, 0.717) is 23.4 Å². The second-order valence-electron chi connectivity index (χ2n) is 3.12. The molecule has 0 fully saturated rings. The van der Waals surface area contributed by atoms with Crippen molar-refractivity contribution < 1.29 is 4.42 Å². The Balaban J connectivity index is 2.14. The number of nitrogens with zero attached hydrogens (tertiary/aromatic N) is 2. The van der Waals surface area contributed by atoms with Crippen LogP contribution in [-0.4, -0.2) is 9.97 Å². The van der Waals surface area contributed by atoms with Gasteiger partial charge in [0, 0.05) is 6.20 Å². The van der Waals surface area contributed by atoms with Gasteiger partial charge in [0.05, 0.1) is 11.6 Å². The number of halogens is 1. The van der Waals surface area contributed by atoms with Crippen LogP contribution in [0.1, 0.15) is 11.3 Å². The number of pyridine rings is 1. The first-order valence-electron chi connectivity index (χ1n) is 4.48. The van der Waals surface area contributed by atoms with Crippen molar-refractivity contribution in [2.45, 2.75) is 12.8 Å². The van der Waals surface area contributed by atoms with E-state index in [4.69, 9.17) is 16.0 Å². The van der Waals surface area contributed by atoms with Crippen LogP contribution in [0.25, 0.3) is 0 Å². The summed E-state index contributed by atoms with van der Waals surface area (Å²) in [6.45, 7) is 1.99. The van der Waals surface area contributed by atoms with Crippen LogP contribution >= 0.6 is 11.6 Å². The smallest absolute Gasteiger partial charge is 0.300 e. The lowest BCUT2D eigenvalue weighted by atomic mass is 10.3. The van der Waals surface area contributed by atoms with Gasteiger partial charge in [-0.1, -0.05) is 0 Å². The molecule has 1 N–H and O–H groups in total. The molecule has 2 aromatic heterocycles. The fourth-order valence-corrected chi connectivity index (χ4v) is 1.26. The van der Waals surface area contributed by atoms with Crippen molar-refractivity contribution in [2.24, 2.45) is 0 Å². The van der Waals surface area contributed by atoms with Crippen molar-refractivity contribution in [3.63, 3.8) is 0 Å². The van der Waals surface area contributed by atoms with Crippen LogP contribution in [0.3, 0.4) is 0 Å². The summed E-state index contributed by atoms with van der Waals surface area (Å²) in [6, 6.07) is 4.24. The van der Waals surface area contributed by atoms with Gasteiger partial charge in [0.25, 0.3) is 0 Å². The summed E-state index contributed by atoms with van der Waals surface area (Å²) in [7, 11) is 0. The molecule has 0 spiro atoms. The summed E-state index contributed by atoms with van der Waals surface area (Å²) in [5.74, 6) is 1.05. The van der Waals surface area contributed by atoms with Gasteiger partial charge < -0.3 is 4.42 Å². The van der Waals surface area contributed by atoms with E-state index in [1.807, 2.05) is 19.1 Å². The molecule has 2 rings (SSSR count). The average molecular weight is 224 g/mol. The minimum atomic E-state index is 0.340. The first-order valence-corrected chi connectivity index (χ1v) is 5.01. The van der Waals surface area contributed by atoms with Gasteiger partial charge >= 0.3 is 6.01 Å². The van der Waals surface area contributed by atoms with Crippen LogP contribution in [0, 0.1) is 6.92 Å². The van der Waals surface area contributed by atoms with Crippen molar-refractivity contribution in [3.8, 4) is 0 Å². The fraction of sp³-hybridized carbons (Fsp3) is 0.200. The Labute approximate surface area is 92.3 Å². The van der Waals surface area contributed by atoms with Crippen LogP contribution in [0.5, 0.6) is 0 Å². The first kappa shape index (κ1) is 9.98. The molecule has 0 saturated carbocycles. The molecule has 0 radical (unpaired) electrons. The Bertz CT molecular complexity index is 455. The van der Waals surface area contributed by atoms with Crippen LogP contribution in [0.4, 0.5) is 11.8 Å². The number of hydrogen-bond donors (Lipinski definition) is 1. The largest absolute Gasteiger partial charge is 0.432 e. The third kappa shape index (κ3) is 2.47. The highest BCUT2D eigenvalue weighted by Crippen LogP contribution is 2.15. The quantitative estimate of drug-likeness (QED) is 0.813.